The number of alkyl halides is 1. The van der Waals surface area contributed by atoms with Crippen molar-refractivity contribution in [2.75, 3.05) is 13.1 Å². The molecule has 88 valence electrons. The molecule has 1 unspecified atom stereocenters. The highest BCUT2D eigenvalue weighted by molar-refractivity contribution is 5.25. The van der Waals surface area contributed by atoms with Gasteiger partial charge in [0.25, 0.3) is 0 Å². The third-order valence-electron chi connectivity index (χ3n) is 3.04. The summed E-state index contributed by atoms with van der Waals surface area (Å²) in [5.74, 6) is -1.25. The molecule has 1 heterocycles. The Morgan fingerprint density at radius 3 is 2.75 bits per heavy atom. The van der Waals surface area contributed by atoms with E-state index in [4.69, 9.17) is 0 Å². The van der Waals surface area contributed by atoms with Crippen LogP contribution in [0.5, 0.6) is 0 Å². The van der Waals surface area contributed by atoms with Crippen LogP contribution in [0, 0.1) is 11.6 Å². The topological polar surface area (TPSA) is 12.0 Å². The minimum Gasteiger partial charge on any atom is -0.317 e. The van der Waals surface area contributed by atoms with Gasteiger partial charge in [0.05, 0.1) is 0 Å². The van der Waals surface area contributed by atoms with Crippen molar-refractivity contribution in [3.63, 3.8) is 0 Å². The summed E-state index contributed by atoms with van der Waals surface area (Å²) in [5.41, 5.74) is -1.88. The van der Waals surface area contributed by atoms with E-state index in [9.17, 15) is 13.2 Å². The maximum Gasteiger partial charge on any atom is 0.140 e. The second-order valence-electron chi connectivity index (χ2n) is 4.19. The van der Waals surface area contributed by atoms with Crippen molar-refractivity contribution < 1.29 is 13.2 Å². The van der Waals surface area contributed by atoms with Crippen LogP contribution >= 0.6 is 0 Å². The molecule has 1 fully saturated rings. The normalized spacial score (nSPS) is 26.4. The van der Waals surface area contributed by atoms with Gasteiger partial charge >= 0.3 is 0 Å². The van der Waals surface area contributed by atoms with Crippen LogP contribution in [0.1, 0.15) is 24.8 Å². The SMILES string of the molecule is Fc1ccc(F)c(C2(F)CCCNCC2)c1. The lowest BCUT2D eigenvalue weighted by Crippen LogP contribution is -2.23. The van der Waals surface area contributed by atoms with Crippen molar-refractivity contribution in [3.8, 4) is 0 Å². The third kappa shape index (κ3) is 2.21. The van der Waals surface area contributed by atoms with Crippen LogP contribution in [0.25, 0.3) is 0 Å². The number of hydrogen-bond acceptors (Lipinski definition) is 1. The average molecular weight is 229 g/mol. The number of halogens is 3. The third-order valence-corrected chi connectivity index (χ3v) is 3.04. The average Bonchev–Trinajstić information content (AvgIpc) is 2.48. The van der Waals surface area contributed by atoms with E-state index in [0.717, 1.165) is 24.7 Å². The first-order chi connectivity index (χ1) is 7.62. The van der Waals surface area contributed by atoms with Crippen LogP contribution in [0.3, 0.4) is 0 Å². The van der Waals surface area contributed by atoms with Crippen LogP contribution in [-0.2, 0) is 5.67 Å². The van der Waals surface area contributed by atoms with E-state index in [-0.39, 0.29) is 18.4 Å². The second kappa shape index (κ2) is 4.45. The van der Waals surface area contributed by atoms with Crippen LogP contribution in [-0.4, -0.2) is 13.1 Å². The van der Waals surface area contributed by atoms with Crippen molar-refractivity contribution >= 4 is 0 Å². The highest BCUT2D eigenvalue weighted by Crippen LogP contribution is 2.37. The molecule has 1 aromatic carbocycles. The first-order valence-electron chi connectivity index (χ1n) is 5.47. The molecule has 0 bridgehead atoms. The fourth-order valence-electron chi connectivity index (χ4n) is 2.14. The molecule has 1 aliphatic heterocycles. The van der Waals surface area contributed by atoms with Gasteiger partial charge in [0.1, 0.15) is 17.3 Å². The Balaban J connectivity index is 2.36. The summed E-state index contributed by atoms with van der Waals surface area (Å²) in [6.07, 6.45) is 1.06. The minimum absolute atomic E-state index is 0.142. The molecule has 0 spiro atoms. The van der Waals surface area contributed by atoms with Crippen molar-refractivity contribution in [3.05, 3.63) is 35.4 Å². The Hall–Kier alpha value is -1.03. The van der Waals surface area contributed by atoms with E-state index in [1.807, 2.05) is 0 Å². The van der Waals surface area contributed by atoms with Gasteiger partial charge in [-0.05, 0) is 50.6 Å². The van der Waals surface area contributed by atoms with E-state index in [2.05, 4.69) is 5.32 Å². The molecule has 1 N–H and O–H groups in total. The quantitative estimate of drug-likeness (QED) is 0.780. The number of nitrogens with one attached hydrogen (secondary N) is 1. The predicted molar refractivity (Wildman–Crippen MR) is 55.9 cm³/mol. The minimum atomic E-state index is -1.74. The lowest BCUT2D eigenvalue weighted by Gasteiger charge is -2.24. The molecular weight excluding hydrogens is 215 g/mol. The van der Waals surface area contributed by atoms with Crippen molar-refractivity contribution in [1.82, 2.24) is 5.32 Å². The van der Waals surface area contributed by atoms with Crippen LogP contribution < -0.4 is 5.32 Å². The fraction of sp³-hybridized carbons (Fsp3) is 0.500. The summed E-state index contributed by atoms with van der Waals surface area (Å²) in [6, 6.07) is 2.97. The van der Waals surface area contributed by atoms with E-state index in [1.54, 1.807) is 0 Å². The molecule has 0 amide bonds. The summed E-state index contributed by atoms with van der Waals surface area (Å²) >= 11 is 0. The second-order valence-corrected chi connectivity index (χ2v) is 4.19. The highest BCUT2D eigenvalue weighted by Gasteiger charge is 2.35. The van der Waals surface area contributed by atoms with Crippen molar-refractivity contribution in [2.45, 2.75) is 24.9 Å². The molecule has 1 atom stereocenters. The molecule has 16 heavy (non-hydrogen) atoms. The zero-order valence-electron chi connectivity index (χ0n) is 8.90. The van der Waals surface area contributed by atoms with E-state index >= 15 is 0 Å². The highest BCUT2D eigenvalue weighted by atomic mass is 19.2. The van der Waals surface area contributed by atoms with Gasteiger partial charge in [0, 0.05) is 5.56 Å². The van der Waals surface area contributed by atoms with Crippen molar-refractivity contribution in [2.24, 2.45) is 0 Å². The summed E-state index contributed by atoms with van der Waals surface area (Å²) in [6.45, 7) is 1.22. The first kappa shape index (κ1) is 11.5. The van der Waals surface area contributed by atoms with E-state index in [1.165, 1.54) is 0 Å². The van der Waals surface area contributed by atoms with Crippen LogP contribution in [0.4, 0.5) is 13.2 Å². The molecule has 4 heteroatoms. The summed E-state index contributed by atoms with van der Waals surface area (Å²) in [4.78, 5) is 0. The van der Waals surface area contributed by atoms with Crippen molar-refractivity contribution in [1.29, 1.82) is 0 Å². The Morgan fingerprint density at radius 1 is 1.12 bits per heavy atom. The van der Waals surface area contributed by atoms with Gasteiger partial charge in [0.2, 0.25) is 0 Å². The molecule has 0 saturated carbocycles. The van der Waals surface area contributed by atoms with Gasteiger partial charge in [-0.2, -0.15) is 0 Å². The van der Waals surface area contributed by atoms with Gasteiger partial charge in [-0.25, -0.2) is 13.2 Å². The molecule has 1 nitrogen and oxygen atoms in total. The van der Waals surface area contributed by atoms with E-state index < -0.39 is 17.3 Å². The first-order valence-corrected chi connectivity index (χ1v) is 5.47. The standard InChI is InChI=1S/C12H14F3N/c13-9-2-3-11(14)10(8-9)12(15)4-1-6-16-7-5-12/h2-3,8,16H,1,4-7H2. The van der Waals surface area contributed by atoms with Gasteiger partial charge in [-0.3, -0.25) is 0 Å². The zero-order chi connectivity index (χ0) is 11.6. The predicted octanol–water partition coefficient (Wildman–Crippen LogP) is 2.90. The largest absolute Gasteiger partial charge is 0.317 e. The van der Waals surface area contributed by atoms with Gasteiger partial charge < -0.3 is 5.32 Å². The smallest absolute Gasteiger partial charge is 0.140 e. The van der Waals surface area contributed by atoms with Gasteiger partial charge in [-0.1, -0.05) is 0 Å². The maximum absolute atomic E-state index is 14.6. The lowest BCUT2D eigenvalue weighted by atomic mass is 9.88. The van der Waals surface area contributed by atoms with Crippen LogP contribution in [0.2, 0.25) is 0 Å². The summed E-state index contributed by atoms with van der Waals surface area (Å²) in [5, 5.41) is 3.05. The lowest BCUT2D eigenvalue weighted by molar-refractivity contribution is 0.138. The summed E-state index contributed by atoms with van der Waals surface area (Å²) < 4.78 is 41.1. The van der Waals surface area contributed by atoms with Gasteiger partial charge in [-0.15, -0.1) is 0 Å². The van der Waals surface area contributed by atoms with E-state index in [0.29, 0.717) is 13.0 Å². The fourth-order valence-corrected chi connectivity index (χ4v) is 2.14. The Morgan fingerprint density at radius 2 is 1.94 bits per heavy atom. The molecule has 1 aliphatic rings. The molecule has 2 rings (SSSR count). The molecule has 1 saturated heterocycles. The number of benzene rings is 1. The monoisotopic (exact) mass is 229 g/mol. The number of rotatable bonds is 1. The Labute approximate surface area is 92.7 Å². The Bertz CT molecular complexity index is 371. The maximum atomic E-state index is 14.6. The van der Waals surface area contributed by atoms with Gasteiger partial charge in [0.15, 0.2) is 0 Å². The zero-order valence-corrected chi connectivity index (χ0v) is 8.90. The molecule has 0 radical (unpaired) electrons. The molecule has 0 aliphatic carbocycles. The summed E-state index contributed by atoms with van der Waals surface area (Å²) in [7, 11) is 0. The van der Waals surface area contributed by atoms with Crippen LogP contribution in [0.15, 0.2) is 18.2 Å². The molecule has 1 aromatic rings. The molecular formula is C12H14F3N. The Kier molecular flexibility index (Phi) is 3.19. The number of hydrogen-bond donors (Lipinski definition) is 1. The molecule has 0 aromatic heterocycles.